The minimum atomic E-state index is -0.322. The Hall–Kier alpha value is -0.590. The molecule has 0 spiro atoms. The highest BCUT2D eigenvalue weighted by molar-refractivity contribution is 5.09. The van der Waals surface area contributed by atoms with Gasteiger partial charge in [0.1, 0.15) is 5.54 Å². The molecule has 0 amide bonds. The summed E-state index contributed by atoms with van der Waals surface area (Å²) in [6, 6.07) is 3.11. The zero-order valence-corrected chi connectivity index (χ0v) is 14.0. The zero-order chi connectivity index (χ0) is 15.3. The molecule has 2 saturated carbocycles. The number of hydrogen-bond acceptors (Lipinski definition) is 3. The topological polar surface area (TPSA) is 45.0 Å². The molecule has 21 heavy (non-hydrogen) atoms. The Morgan fingerprint density at radius 2 is 1.86 bits per heavy atom. The van der Waals surface area contributed by atoms with Gasteiger partial charge in [0.25, 0.3) is 0 Å². The van der Waals surface area contributed by atoms with Gasteiger partial charge >= 0.3 is 0 Å². The van der Waals surface area contributed by atoms with Crippen molar-refractivity contribution in [1.29, 1.82) is 5.26 Å². The third-order valence-corrected chi connectivity index (χ3v) is 5.11. The number of nitriles is 1. The SMILES string of the molecule is CCC(C#N)(CCCOC1CC(C)CC(C)C1)NC1CC1. The molecule has 0 aromatic heterocycles. The van der Waals surface area contributed by atoms with E-state index >= 15 is 0 Å². The molecule has 120 valence electrons. The Bertz CT molecular complexity index is 351. The molecule has 2 aliphatic carbocycles. The van der Waals surface area contributed by atoms with Crippen LogP contribution in [-0.2, 0) is 4.74 Å². The number of hydrogen-bond donors (Lipinski definition) is 1. The van der Waals surface area contributed by atoms with Gasteiger partial charge in [-0.25, -0.2) is 0 Å². The number of nitrogens with zero attached hydrogens (tertiary/aromatic N) is 1. The lowest BCUT2D eigenvalue weighted by Crippen LogP contribution is -2.45. The highest BCUT2D eigenvalue weighted by atomic mass is 16.5. The minimum Gasteiger partial charge on any atom is -0.378 e. The summed E-state index contributed by atoms with van der Waals surface area (Å²) in [5.41, 5.74) is -0.322. The van der Waals surface area contributed by atoms with Gasteiger partial charge in [0.05, 0.1) is 12.2 Å². The second kappa shape index (κ2) is 7.61. The fourth-order valence-corrected chi connectivity index (χ4v) is 3.77. The van der Waals surface area contributed by atoms with Gasteiger partial charge in [-0.2, -0.15) is 5.26 Å². The molecule has 3 heteroatoms. The largest absolute Gasteiger partial charge is 0.378 e. The van der Waals surface area contributed by atoms with E-state index in [0.29, 0.717) is 12.1 Å². The predicted octanol–water partition coefficient (Wildman–Crippen LogP) is 4.03. The molecule has 2 fully saturated rings. The normalized spacial score (nSPS) is 32.4. The predicted molar refractivity (Wildman–Crippen MR) is 85.9 cm³/mol. The van der Waals surface area contributed by atoms with Crippen LogP contribution in [0.5, 0.6) is 0 Å². The molecule has 0 bridgehead atoms. The van der Waals surface area contributed by atoms with E-state index in [1.54, 1.807) is 0 Å². The van der Waals surface area contributed by atoms with E-state index in [1.165, 1.54) is 32.1 Å². The summed E-state index contributed by atoms with van der Waals surface area (Å²) in [5, 5.41) is 13.1. The smallest absolute Gasteiger partial charge is 0.106 e. The first kappa shape index (κ1) is 16.8. The molecular formula is C18H32N2O. The molecule has 2 rings (SSSR count). The number of rotatable bonds is 8. The molecule has 3 nitrogen and oxygen atoms in total. The van der Waals surface area contributed by atoms with Crippen molar-refractivity contribution >= 4 is 0 Å². The molecule has 2 aliphatic rings. The molecular weight excluding hydrogens is 260 g/mol. The van der Waals surface area contributed by atoms with E-state index < -0.39 is 0 Å². The Kier molecular flexibility index (Phi) is 6.08. The lowest BCUT2D eigenvalue weighted by atomic mass is 9.82. The van der Waals surface area contributed by atoms with Gasteiger partial charge in [0.15, 0.2) is 0 Å². The Morgan fingerprint density at radius 3 is 2.38 bits per heavy atom. The molecule has 3 unspecified atom stereocenters. The van der Waals surface area contributed by atoms with E-state index in [-0.39, 0.29) is 5.54 Å². The molecule has 3 atom stereocenters. The highest BCUT2D eigenvalue weighted by Gasteiger charge is 2.34. The number of ether oxygens (including phenoxy) is 1. The van der Waals surface area contributed by atoms with Gasteiger partial charge in [0, 0.05) is 12.6 Å². The van der Waals surface area contributed by atoms with E-state index in [1.807, 2.05) is 0 Å². The number of nitrogens with one attached hydrogen (secondary N) is 1. The van der Waals surface area contributed by atoms with Crippen LogP contribution in [0.15, 0.2) is 0 Å². The summed E-state index contributed by atoms with van der Waals surface area (Å²) in [6.45, 7) is 7.59. The summed E-state index contributed by atoms with van der Waals surface area (Å²) in [4.78, 5) is 0. The lowest BCUT2D eigenvalue weighted by molar-refractivity contribution is -0.00198. The maximum atomic E-state index is 9.52. The average molecular weight is 292 g/mol. The maximum absolute atomic E-state index is 9.52. The molecule has 0 saturated heterocycles. The van der Waals surface area contributed by atoms with Crippen molar-refractivity contribution in [3.63, 3.8) is 0 Å². The Morgan fingerprint density at radius 1 is 1.19 bits per heavy atom. The fourth-order valence-electron chi connectivity index (χ4n) is 3.77. The fraction of sp³-hybridized carbons (Fsp3) is 0.944. The molecule has 0 radical (unpaired) electrons. The maximum Gasteiger partial charge on any atom is 0.106 e. The van der Waals surface area contributed by atoms with E-state index in [9.17, 15) is 5.26 Å². The minimum absolute atomic E-state index is 0.322. The van der Waals surface area contributed by atoms with Crippen molar-refractivity contribution in [3.05, 3.63) is 0 Å². The van der Waals surface area contributed by atoms with Crippen molar-refractivity contribution in [3.8, 4) is 6.07 Å². The van der Waals surface area contributed by atoms with Crippen LogP contribution in [0.25, 0.3) is 0 Å². The summed E-state index contributed by atoms with van der Waals surface area (Å²) >= 11 is 0. The highest BCUT2D eigenvalue weighted by Crippen LogP contribution is 2.31. The van der Waals surface area contributed by atoms with Gasteiger partial charge < -0.3 is 4.74 Å². The van der Waals surface area contributed by atoms with Crippen LogP contribution in [0.3, 0.4) is 0 Å². The van der Waals surface area contributed by atoms with Crippen LogP contribution < -0.4 is 5.32 Å². The van der Waals surface area contributed by atoms with Gasteiger partial charge in [-0.05, 0) is 63.2 Å². The molecule has 0 aliphatic heterocycles. The second-order valence-corrected chi connectivity index (χ2v) is 7.48. The van der Waals surface area contributed by atoms with Crippen LogP contribution in [0.2, 0.25) is 0 Å². The first-order valence-electron chi connectivity index (χ1n) is 8.87. The third kappa shape index (κ3) is 5.27. The van der Waals surface area contributed by atoms with Crippen molar-refractivity contribution in [2.75, 3.05) is 6.61 Å². The van der Waals surface area contributed by atoms with Crippen molar-refractivity contribution < 1.29 is 4.74 Å². The molecule has 0 aromatic rings. The van der Waals surface area contributed by atoms with E-state index in [0.717, 1.165) is 37.7 Å². The van der Waals surface area contributed by atoms with Gasteiger partial charge in [0.2, 0.25) is 0 Å². The molecule has 0 aromatic carbocycles. The van der Waals surface area contributed by atoms with E-state index in [2.05, 4.69) is 32.2 Å². The van der Waals surface area contributed by atoms with Crippen LogP contribution in [0.4, 0.5) is 0 Å². The Balaban J connectivity index is 1.68. The van der Waals surface area contributed by atoms with Crippen molar-refractivity contribution in [2.24, 2.45) is 11.8 Å². The average Bonchev–Trinajstić information content (AvgIpc) is 3.25. The van der Waals surface area contributed by atoms with Gasteiger partial charge in [-0.15, -0.1) is 0 Å². The van der Waals surface area contributed by atoms with Crippen LogP contribution >= 0.6 is 0 Å². The monoisotopic (exact) mass is 292 g/mol. The molecule has 0 heterocycles. The van der Waals surface area contributed by atoms with Gasteiger partial charge in [-0.1, -0.05) is 20.8 Å². The lowest BCUT2D eigenvalue weighted by Gasteiger charge is -2.32. The molecule has 1 N–H and O–H groups in total. The van der Waals surface area contributed by atoms with E-state index in [4.69, 9.17) is 4.74 Å². The first-order chi connectivity index (χ1) is 10.1. The second-order valence-electron chi connectivity index (χ2n) is 7.48. The zero-order valence-electron chi connectivity index (χ0n) is 14.0. The first-order valence-corrected chi connectivity index (χ1v) is 8.87. The summed E-state index contributed by atoms with van der Waals surface area (Å²) < 4.78 is 6.09. The van der Waals surface area contributed by atoms with Gasteiger partial charge in [-0.3, -0.25) is 5.32 Å². The quantitative estimate of drug-likeness (QED) is 0.687. The van der Waals surface area contributed by atoms with Crippen LogP contribution in [0.1, 0.15) is 72.1 Å². The third-order valence-electron chi connectivity index (χ3n) is 5.11. The summed E-state index contributed by atoms with van der Waals surface area (Å²) in [6.07, 6.45) is 9.46. The van der Waals surface area contributed by atoms with Crippen molar-refractivity contribution in [2.45, 2.75) is 89.8 Å². The van der Waals surface area contributed by atoms with Crippen LogP contribution in [0, 0.1) is 23.2 Å². The van der Waals surface area contributed by atoms with Crippen molar-refractivity contribution in [1.82, 2.24) is 5.32 Å². The standard InChI is InChI=1S/C18H32N2O/c1-4-18(13-19,20-16-6-7-16)8-5-9-21-17-11-14(2)10-15(3)12-17/h14-17,20H,4-12H2,1-3H3. The Labute approximate surface area is 130 Å². The van der Waals surface area contributed by atoms with Crippen LogP contribution in [-0.4, -0.2) is 24.3 Å². The summed E-state index contributed by atoms with van der Waals surface area (Å²) in [5.74, 6) is 1.59. The summed E-state index contributed by atoms with van der Waals surface area (Å²) in [7, 11) is 0.